The highest BCUT2D eigenvalue weighted by atomic mass is 19.1. The number of hydrogen-bond donors (Lipinski definition) is 2. The van der Waals surface area contributed by atoms with Gasteiger partial charge in [0.1, 0.15) is 12.4 Å². The predicted octanol–water partition coefficient (Wildman–Crippen LogP) is 3.90. The lowest BCUT2D eigenvalue weighted by atomic mass is 10.0. The lowest BCUT2D eigenvalue weighted by molar-refractivity contribution is -0.116. The van der Waals surface area contributed by atoms with E-state index in [0.717, 1.165) is 11.3 Å². The molecule has 2 aromatic carbocycles. The van der Waals surface area contributed by atoms with Crippen LogP contribution in [0.15, 0.2) is 73.2 Å². The molecule has 0 aliphatic rings. The Morgan fingerprint density at radius 3 is 2.56 bits per heavy atom. The molecule has 0 aliphatic carbocycles. The lowest BCUT2D eigenvalue weighted by Crippen LogP contribution is -2.24. The SMILES string of the molecule is CC(C)c1c(C(=O)NCc2cccc(NC(=O)Cn3cccn3)c2)cnn1-c1ccc(F)cc1. The molecule has 9 heteroatoms. The molecule has 2 N–H and O–H groups in total. The fourth-order valence-electron chi connectivity index (χ4n) is 3.65. The summed E-state index contributed by atoms with van der Waals surface area (Å²) in [5.74, 6) is -0.772. The number of amides is 2. The number of aromatic nitrogens is 4. The summed E-state index contributed by atoms with van der Waals surface area (Å²) >= 11 is 0. The largest absolute Gasteiger partial charge is 0.348 e. The first-order valence-corrected chi connectivity index (χ1v) is 10.9. The van der Waals surface area contributed by atoms with Gasteiger partial charge in [0.05, 0.1) is 23.1 Å². The molecule has 0 saturated carbocycles. The minimum atomic E-state index is -0.334. The van der Waals surface area contributed by atoms with Crippen LogP contribution < -0.4 is 10.6 Å². The highest BCUT2D eigenvalue weighted by Gasteiger charge is 2.21. The van der Waals surface area contributed by atoms with Crippen molar-refractivity contribution in [2.24, 2.45) is 0 Å². The van der Waals surface area contributed by atoms with Gasteiger partial charge in [0.25, 0.3) is 5.91 Å². The average molecular weight is 461 g/mol. The summed E-state index contributed by atoms with van der Waals surface area (Å²) in [5.41, 5.74) is 3.35. The number of benzene rings is 2. The van der Waals surface area contributed by atoms with Crippen molar-refractivity contribution < 1.29 is 14.0 Å². The van der Waals surface area contributed by atoms with Gasteiger partial charge in [-0.25, -0.2) is 9.07 Å². The van der Waals surface area contributed by atoms with Gasteiger partial charge in [-0.15, -0.1) is 0 Å². The van der Waals surface area contributed by atoms with Crippen molar-refractivity contribution in [1.82, 2.24) is 24.9 Å². The van der Waals surface area contributed by atoms with Gasteiger partial charge < -0.3 is 10.6 Å². The molecule has 8 nitrogen and oxygen atoms in total. The Hall–Kier alpha value is -4.27. The van der Waals surface area contributed by atoms with Crippen LogP contribution in [0, 0.1) is 5.82 Å². The molecule has 0 radical (unpaired) electrons. The van der Waals surface area contributed by atoms with Crippen LogP contribution >= 0.6 is 0 Å². The molecule has 0 saturated heterocycles. The summed E-state index contributed by atoms with van der Waals surface area (Å²) in [7, 11) is 0. The van der Waals surface area contributed by atoms with Gasteiger partial charge in [-0.3, -0.25) is 14.3 Å². The van der Waals surface area contributed by atoms with Gasteiger partial charge >= 0.3 is 0 Å². The Morgan fingerprint density at radius 1 is 1.06 bits per heavy atom. The van der Waals surface area contributed by atoms with E-state index in [-0.39, 0.29) is 36.6 Å². The summed E-state index contributed by atoms with van der Waals surface area (Å²) < 4.78 is 16.5. The molecule has 0 spiro atoms. The van der Waals surface area contributed by atoms with Gasteiger partial charge in [-0.2, -0.15) is 10.2 Å². The molecule has 0 fully saturated rings. The summed E-state index contributed by atoms with van der Waals surface area (Å²) in [6.07, 6.45) is 4.86. The van der Waals surface area contributed by atoms with E-state index in [2.05, 4.69) is 20.8 Å². The summed E-state index contributed by atoms with van der Waals surface area (Å²) in [4.78, 5) is 25.2. The highest BCUT2D eigenvalue weighted by Crippen LogP contribution is 2.23. The molecule has 0 bridgehead atoms. The molecule has 2 amide bonds. The molecule has 2 aromatic heterocycles. The standard InChI is InChI=1S/C25H25FN6O2/c1-17(2)24-22(15-29-32(24)21-9-7-19(26)8-10-21)25(34)27-14-18-5-3-6-20(13-18)30-23(33)16-31-12-4-11-28-31/h3-13,15,17H,14,16H2,1-2H3,(H,27,34)(H,30,33). The summed E-state index contributed by atoms with van der Waals surface area (Å²) in [6.45, 7) is 4.34. The molecular weight excluding hydrogens is 435 g/mol. The topological polar surface area (TPSA) is 93.8 Å². The van der Waals surface area contributed by atoms with Crippen LogP contribution in [-0.2, 0) is 17.9 Å². The second kappa shape index (κ2) is 10.1. The van der Waals surface area contributed by atoms with E-state index >= 15 is 0 Å². The number of halogens is 1. The van der Waals surface area contributed by atoms with E-state index in [1.54, 1.807) is 41.3 Å². The Morgan fingerprint density at radius 2 is 1.85 bits per heavy atom. The molecule has 0 atom stereocenters. The Bertz CT molecular complexity index is 1280. The van der Waals surface area contributed by atoms with Crippen LogP contribution in [0.4, 0.5) is 10.1 Å². The highest BCUT2D eigenvalue weighted by molar-refractivity contribution is 5.95. The average Bonchev–Trinajstić information content (AvgIpc) is 3.48. The maximum Gasteiger partial charge on any atom is 0.255 e. The van der Waals surface area contributed by atoms with Crippen molar-refractivity contribution in [2.45, 2.75) is 32.9 Å². The number of carbonyl (C=O) groups excluding carboxylic acids is 2. The maximum absolute atomic E-state index is 13.3. The molecular formula is C25H25FN6O2. The van der Waals surface area contributed by atoms with E-state index in [1.807, 2.05) is 32.0 Å². The fourth-order valence-corrected chi connectivity index (χ4v) is 3.65. The molecule has 0 aliphatic heterocycles. The van der Waals surface area contributed by atoms with Gasteiger partial charge in [0, 0.05) is 24.6 Å². The van der Waals surface area contributed by atoms with Crippen molar-refractivity contribution >= 4 is 17.5 Å². The molecule has 174 valence electrons. The van der Waals surface area contributed by atoms with E-state index < -0.39 is 0 Å². The third-order valence-electron chi connectivity index (χ3n) is 5.20. The van der Waals surface area contributed by atoms with Crippen molar-refractivity contribution in [3.63, 3.8) is 0 Å². The van der Waals surface area contributed by atoms with E-state index in [0.29, 0.717) is 16.9 Å². The van der Waals surface area contributed by atoms with Gasteiger partial charge in [-0.1, -0.05) is 26.0 Å². The summed E-state index contributed by atoms with van der Waals surface area (Å²) in [5, 5.41) is 14.2. The number of hydrogen-bond acceptors (Lipinski definition) is 4. The summed E-state index contributed by atoms with van der Waals surface area (Å²) in [6, 6.07) is 15.0. The van der Waals surface area contributed by atoms with Crippen LogP contribution in [0.3, 0.4) is 0 Å². The minimum absolute atomic E-state index is 0.0154. The number of carbonyl (C=O) groups is 2. The first-order valence-electron chi connectivity index (χ1n) is 10.9. The van der Waals surface area contributed by atoms with Crippen LogP contribution in [0.25, 0.3) is 5.69 Å². The zero-order chi connectivity index (χ0) is 24.1. The van der Waals surface area contributed by atoms with E-state index in [4.69, 9.17) is 0 Å². The smallest absolute Gasteiger partial charge is 0.255 e. The maximum atomic E-state index is 13.3. The number of nitrogens with zero attached hydrogens (tertiary/aromatic N) is 4. The number of rotatable bonds is 8. The zero-order valence-corrected chi connectivity index (χ0v) is 18.9. The first kappa shape index (κ1) is 22.9. The van der Waals surface area contributed by atoms with Gasteiger partial charge in [0.2, 0.25) is 5.91 Å². The monoisotopic (exact) mass is 460 g/mol. The lowest BCUT2D eigenvalue weighted by Gasteiger charge is -2.13. The van der Waals surface area contributed by atoms with E-state index in [1.165, 1.54) is 23.0 Å². The molecule has 4 rings (SSSR count). The van der Waals surface area contributed by atoms with Crippen molar-refractivity contribution in [2.75, 3.05) is 5.32 Å². The van der Waals surface area contributed by atoms with Gasteiger partial charge in [-0.05, 0) is 53.9 Å². The predicted molar refractivity (Wildman–Crippen MR) is 126 cm³/mol. The first-order chi connectivity index (χ1) is 16.4. The Kier molecular flexibility index (Phi) is 6.82. The van der Waals surface area contributed by atoms with Crippen LogP contribution in [0.5, 0.6) is 0 Å². The molecule has 0 unspecified atom stereocenters. The van der Waals surface area contributed by atoms with Crippen LogP contribution in [-0.4, -0.2) is 31.4 Å². The van der Waals surface area contributed by atoms with Crippen molar-refractivity contribution in [1.29, 1.82) is 0 Å². The van der Waals surface area contributed by atoms with Crippen molar-refractivity contribution in [3.05, 3.63) is 95.8 Å². The third-order valence-corrected chi connectivity index (χ3v) is 5.20. The number of nitrogens with one attached hydrogen (secondary N) is 2. The van der Waals surface area contributed by atoms with Crippen molar-refractivity contribution in [3.8, 4) is 5.69 Å². The Balaban J connectivity index is 1.43. The van der Waals surface area contributed by atoms with E-state index in [9.17, 15) is 14.0 Å². The molecule has 4 aromatic rings. The molecule has 2 heterocycles. The molecule has 34 heavy (non-hydrogen) atoms. The van der Waals surface area contributed by atoms with Crippen LogP contribution in [0.2, 0.25) is 0 Å². The van der Waals surface area contributed by atoms with Gasteiger partial charge in [0.15, 0.2) is 0 Å². The number of anilines is 1. The van der Waals surface area contributed by atoms with Crippen LogP contribution in [0.1, 0.15) is 41.4 Å². The second-order valence-corrected chi connectivity index (χ2v) is 8.12. The second-order valence-electron chi connectivity index (χ2n) is 8.12. The normalized spacial score (nSPS) is 10.9. The minimum Gasteiger partial charge on any atom is -0.348 e. The zero-order valence-electron chi connectivity index (χ0n) is 18.9. The Labute approximate surface area is 196 Å². The third kappa shape index (κ3) is 5.37. The fraction of sp³-hybridized carbons (Fsp3) is 0.200. The quantitative estimate of drug-likeness (QED) is 0.417.